The van der Waals surface area contributed by atoms with Gasteiger partial charge in [-0.05, 0) is 36.1 Å². The average molecular weight is 193 g/mol. The van der Waals surface area contributed by atoms with E-state index in [4.69, 9.17) is 10.5 Å². The van der Waals surface area contributed by atoms with E-state index in [0.29, 0.717) is 0 Å². The van der Waals surface area contributed by atoms with E-state index in [0.717, 1.165) is 18.6 Å². The monoisotopic (exact) mass is 193 g/mol. The van der Waals surface area contributed by atoms with Gasteiger partial charge in [-0.2, -0.15) is 0 Å². The second kappa shape index (κ2) is 5.01. The number of aryl methyl sites for hydroxylation is 1. The highest BCUT2D eigenvalue weighted by Gasteiger charge is 2.08. The van der Waals surface area contributed by atoms with Crippen LogP contribution in [-0.4, -0.2) is 7.11 Å². The Morgan fingerprint density at radius 2 is 2.07 bits per heavy atom. The third-order valence-electron chi connectivity index (χ3n) is 2.57. The molecule has 1 aromatic rings. The summed E-state index contributed by atoms with van der Waals surface area (Å²) in [6, 6.07) is 6.27. The Labute approximate surface area is 86.1 Å². The highest BCUT2D eigenvalue weighted by molar-refractivity contribution is 5.37. The van der Waals surface area contributed by atoms with E-state index in [2.05, 4.69) is 26.0 Å². The number of hydrogen-bond acceptors (Lipinski definition) is 2. The zero-order valence-electron chi connectivity index (χ0n) is 9.21. The Morgan fingerprint density at radius 1 is 1.36 bits per heavy atom. The summed E-state index contributed by atoms with van der Waals surface area (Å²) in [7, 11) is 1.69. The number of ether oxygens (including phenoxy) is 1. The molecule has 78 valence electrons. The van der Waals surface area contributed by atoms with E-state index in [-0.39, 0.29) is 6.04 Å². The van der Waals surface area contributed by atoms with Gasteiger partial charge < -0.3 is 10.5 Å². The summed E-state index contributed by atoms with van der Waals surface area (Å²) in [4.78, 5) is 0. The quantitative estimate of drug-likeness (QED) is 0.798. The van der Waals surface area contributed by atoms with Gasteiger partial charge in [0.25, 0.3) is 0 Å². The Morgan fingerprint density at radius 3 is 2.57 bits per heavy atom. The molecule has 0 amide bonds. The molecule has 0 spiro atoms. The van der Waals surface area contributed by atoms with Crippen LogP contribution in [0.25, 0.3) is 0 Å². The second-order valence-electron chi connectivity index (χ2n) is 3.43. The average Bonchev–Trinajstić information content (AvgIpc) is 2.27. The molecule has 0 radical (unpaired) electrons. The first kappa shape index (κ1) is 11.1. The highest BCUT2D eigenvalue weighted by atomic mass is 16.5. The van der Waals surface area contributed by atoms with Gasteiger partial charge in [0.05, 0.1) is 7.11 Å². The van der Waals surface area contributed by atoms with Crippen LogP contribution in [0.5, 0.6) is 5.75 Å². The summed E-state index contributed by atoms with van der Waals surface area (Å²) in [5.41, 5.74) is 8.56. The molecule has 2 N–H and O–H groups in total. The van der Waals surface area contributed by atoms with E-state index in [9.17, 15) is 0 Å². The summed E-state index contributed by atoms with van der Waals surface area (Å²) < 4.78 is 5.18. The summed E-state index contributed by atoms with van der Waals surface area (Å²) in [6.07, 6.45) is 1.97. The molecular formula is C12H19NO. The predicted molar refractivity (Wildman–Crippen MR) is 59.6 cm³/mol. The minimum absolute atomic E-state index is 0.149. The topological polar surface area (TPSA) is 35.2 Å². The Bertz CT molecular complexity index is 296. The van der Waals surface area contributed by atoms with Gasteiger partial charge in [-0.15, -0.1) is 0 Å². The predicted octanol–water partition coefficient (Wildman–Crippen LogP) is 2.67. The number of hydrogen-bond donors (Lipinski definition) is 1. The van der Waals surface area contributed by atoms with Crippen molar-refractivity contribution in [1.82, 2.24) is 0 Å². The maximum atomic E-state index is 6.02. The third-order valence-corrected chi connectivity index (χ3v) is 2.57. The molecule has 1 aromatic carbocycles. The molecule has 0 aromatic heterocycles. The number of benzene rings is 1. The first-order valence-corrected chi connectivity index (χ1v) is 5.15. The molecule has 0 aliphatic rings. The second-order valence-corrected chi connectivity index (χ2v) is 3.43. The Balaban J connectivity index is 3.04. The van der Waals surface area contributed by atoms with Crippen LogP contribution >= 0.6 is 0 Å². The van der Waals surface area contributed by atoms with E-state index in [1.165, 1.54) is 11.1 Å². The minimum Gasteiger partial charge on any atom is -0.497 e. The lowest BCUT2D eigenvalue weighted by Gasteiger charge is -2.15. The summed E-state index contributed by atoms with van der Waals surface area (Å²) >= 11 is 0. The van der Waals surface area contributed by atoms with Crippen molar-refractivity contribution in [3.63, 3.8) is 0 Å². The van der Waals surface area contributed by atoms with E-state index in [1.807, 2.05) is 6.07 Å². The fraction of sp³-hybridized carbons (Fsp3) is 0.500. The molecule has 1 unspecified atom stereocenters. The van der Waals surface area contributed by atoms with E-state index in [1.54, 1.807) is 7.11 Å². The summed E-state index contributed by atoms with van der Waals surface area (Å²) in [5, 5.41) is 0. The number of nitrogens with two attached hydrogens (primary N) is 1. The molecule has 2 heteroatoms. The lowest BCUT2D eigenvalue weighted by Crippen LogP contribution is -2.11. The summed E-state index contributed by atoms with van der Waals surface area (Å²) in [6.45, 7) is 4.25. The first-order valence-electron chi connectivity index (χ1n) is 5.15. The lowest BCUT2D eigenvalue weighted by atomic mass is 9.97. The van der Waals surface area contributed by atoms with Gasteiger partial charge in [0.2, 0.25) is 0 Å². The van der Waals surface area contributed by atoms with Gasteiger partial charge in [-0.25, -0.2) is 0 Å². The standard InChI is InChI=1S/C12H19NO/c1-4-9-8-10(14-3)6-7-11(9)12(13)5-2/h6-8,12H,4-5,13H2,1-3H3. The zero-order chi connectivity index (χ0) is 10.6. The first-order chi connectivity index (χ1) is 6.72. The molecule has 0 saturated carbocycles. The van der Waals surface area contributed by atoms with Gasteiger partial charge in [0.1, 0.15) is 5.75 Å². The number of rotatable bonds is 4. The van der Waals surface area contributed by atoms with Crippen molar-refractivity contribution < 1.29 is 4.74 Å². The van der Waals surface area contributed by atoms with Gasteiger partial charge >= 0.3 is 0 Å². The molecule has 2 nitrogen and oxygen atoms in total. The van der Waals surface area contributed by atoms with Crippen molar-refractivity contribution in [2.24, 2.45) is 5.73 Å². The molecule has 1 atom stereocenters. The van der Waals surface area contributed by atoms with Crippen LogP contribution < -0.4 is 10.5 Å². The molecule has 14 heavy (non-hydrogen) atoms. The van der Waals surface area contributed by atoms with Crippen molar-refractivity contribution in [3.8, 4) is 5.75 Å². The smallest absolute Gasteiger partial charge is 0.119 e. The van der Waals surface area contributed by atoms with Crippen LogP contribution in [0, 0.1) is 0 Å². The molecular weight excluding hydrogens is 174 g/mol. The summed E-state index contributed by atoms with van der Waals surface area (Å²) in [5.74, 6) is 0.911. The number of methoxy groups -OCH3 is 1. The van der Waals surface area contributed by atoms with Gasteiger partial charge in [0.15, 0.2) is 0 Å². The highest BCUT2D eigenvalue weighted by Crippen LogP contribution is 2.23. The molecule has 1 rings (SSSR count). The molecule has 0 aliphatic carbocycles. The van der Waals surface area contributed by atoms with Crippen LogP contribution in [-0.2, 0) is 6.42 Å². The van der Waals surface area contributed by atoms with Crippen molar-refractivity contribution in [3.05, 3.63) is 29.3 Å². The zero-order valence-corrected chi connectivity index (χ0v) is 9.21. The fourth-order valence-corrected chi connectivity index (χ4v) is 1.60. The van der Waals surface area contributed by atoms with Crippen molar-refractivity contribution in [2.45, 2.75) is 32.7 Å². The van der Waals surface area contributed by atoms with Crippen LogP contribution in [0.3, 0.4) is 0 Å². The SMILES string of the molecule is CCc1cc(OC)ccc1C(N)CC. The molecule has 0 bridgehead atoms. The third kappa shape index (κ3) is 2.26. The van der Waals surface area contributed by atoms with E-state index < -0.39 is 0 Å². The lowest BCUT2D eigenvalue weighted by molar-refractivity contribution is 0.414. The Kier molecular flexibility index (Phi) is 3.96. The van der Waals surface area contributed by atoms with Gasteiger partial charge in [0, 0.05) is 6.04 Å². The van der Waals surface area contributed by atoms with Crippen molar-refractivity contribution in [1.29, 1.82) is 0 Å². The van der Waals surface area contributed by atoms with Crippen molar-refractivity contribution >= 4 is 0 Å². The fourth-order valence-electron chi connectivity index (χ4n) is 1.60. The van der Waals surface area contributed by atoms with Crippen LogP contribution in [0.4, 0.5) is 0 Å². The minimum atomic E-state index is 0.149. The Hall–Kier alpha value is -1.02. The molecule has 0 fully saturated rings. The molecule has 0 saturated heterocycles. The van der Waals surface area contributed by atoms with Crippen LogP contribution in [0.1, 0.15) is 37.4 Å². The molecule has 0 aliphatic heterocycles. The van der Waals surface area contributed by atoms with Crippen LogP contribution in [0.2, 0.25) is 0 Å². The normalized spacial score (nSPS) is 12.6. The molecule has 0 heterocycles. The maximum Gasteiger partial charge on any atom is 0.119 e. The largest absolute Gasteiger partial charge is 0.497 e. The van der Waals surface area contributed by atoms with Crippen LogP contribution in [0.15, 0.2) is 18.2 Å². The van der Waals surface area contributed by atoms with E-state index >= 15 is 0 Å². The maximum absolute atomic E-state index is 6.02. The van der Waals surface area contributed by atoms with Crippen molar-refractivity contribution in [2.75, 3.05) is 7.11 Å². The van der Waals surface area contributed by atoms with Gasteiger partial charge in [-0.1, -0.05) is 19.9 Å². The van der Waals surface area contributed by atoms with Gasteiger partial charge in [-0.3, -0.25) is 0 Å².